The highest BCUT2D eigenvalue weighted by Gasteiger charge is 2.27. The van der Waals surface area contributed by atoms with Crippen LogP contribution in [0.15, 0.2) is 0 Å². The summed E-state index contributed by atoms with van der Waals surface area (Å²) in [4.78, 5) is 13.5. The number of carbonyl (C=O) groups excluding carboxylic acids is 1. The van der Waals surface area contributed by atoms with E-state index in [2.05, 4.69) is 18.7 Å². The third kappa shape index (κ3) is 4.20. The Labute approximate surface area is 87.1 Å². The summed E-state index contributed by atoms with van der Waals surface area (Å²) in [6.45, 7) is 11.2. The lowest BCUT2D eigenvalue weighted by Gasteiger charge is -2.33. The molecule has 0 atom stereocenters. The van der Waals surface area contributed by atoms with E-state index in [1.807, 2.05) is 13.8 Å². The van der Waals surface area contributed by atoms with Crippen molar-refractivity contribution >= 4 is 5.78 Å². The van der Waals surface area contributed by atoms with Crippen LogP contribution in [0.5, 0.6) is 0 Å². The van der Waals surface area contributed by atoms with Crippen LogP contribution in [0.2, 0.25) is 0 Å². The van der Waals surface area contributed by atoms with Gasteiger partial charge < -0.3 is 5.11 Å². The fraction of sp³-hybridized carbons (Fsp3) is 0.909. The molecule has 0 aromatic rings. The number of aliphatic hydroxyl groups is 1. The van der Waals surface area contributed by atoms with Gasteiger partial charge in [-0.3, -0.25) is 9.69 Å². The molecule has 14 heavy (non-hydrogen) atoms. The van der Waals surface area contributed by atoms with E-state index in [0.29, 0.717) is 19.1 Å². The van der Waals surface area contributed by atoms with Crippen LogP contribution >= 0.6 is 0 Å². The lowest BCUT2D eigenvalue weighted by molar-refractivity contribution is -0.126. The molecule has 0 spiro atoms. The maximum atomic E-state index is 11.3. The summed E-state index contributed by atoms with van der Waals surface area (Å²) in [7, 11) is 0. The fourth-order valence-corrected chi connectivity index (χ4v) is 1.27. The molecule has 0 saturated carbocycles. The van der Waals surface area contributed by atoms with Gasteiger partial charge in [-0.05, 0) is 20.8 Å². The van der Waals surface area contributed by atoms with Crippen LogP contribution in [0, 0.1) is 5.41 Å². The summed E-state index contributed by atoms with van der Waals surface area (Å²) < 4.78 is 0. The van der Waals surface area contributed by atoms with Gasteiger partial charge in [-0.1, -0.05) is 13.8 Å². The van der Waals surface area contributed by atoms with Gasteiger partial charge in [0.2, 0.25) is 0 Å². The molecule has 0 bridgehead atoms. The average molecular weight is 201 g/mol. The minimum absolute atomic E-state index is 0.145. The van der Waals surface area contributed by atoms with Crippen molar-refractivity contribution in [2.24, 2.45) is 5.41 Å². The number of rotatable bonds is 6. The Morgan fingerprint density at radius 1 is 1.43 bits per heavy atom. The molecule has 0 heterocycles. The van der Waals surface area contributed by atoms with Crippen LogP contribution < -0.4 is 0 Å². The molecule has 0 fully saturated rings. The molecule has 3 nitrogen and oxygen atoms in total. The Kier molecular flexibility index (Phi) is 5.31. The highest BCUT2D eigenvalue weighted by Crippen LogP contribution is 2.19. The predicted molar refractivity (Wildman–Crippen MR) is 58.3 cm³/mol. The second-order valence-electron chi connectivity index (χ2n) is 4.73. The third-order valence-corrected chi connectivity index (χ3v) is 2.67. The molecular formula is C11H23NO2. The number of aliphatic hydroxyl groups excluding tert-OH is 1. The van der Waals surface area contributed by atoms with Crippen LogP contribution in [-0.2, 0) is 4.79 Å². The molecule has 0 aliphatic heterocycles. The van der Waals surface area contributed by atoms with Crippen LogP contribution in [0.1, 0.15) is 34.6 Å². The largest absolute Gasteiger partial charge is 0.395 e. The minimum Gasteiger partial charge on any atom is -0.395 e. The molecule has 0 aromatic carbocycles. The summed E-state index contributed by atoms with van der Waals surface area (Å²) in [6, 6.07) is 0.362. The highest BCUT2D eigenvalue weighted by molar-refractivity contribution is 5.81. The van der Waals surface area contributed by atoms with Crippen molar-refractivity contribution in [2.75, 3.05) is 19.7 Å². The SMILES string of the molecule is CC(=O)C(C)(C)CN(CCO)C(C)C. The van der Waals surface area contributed by atoms with Crippen molar-refractivity contribution < 1.29 is 9.90 Å². The molecule has 0 aromatic heterocycles. The van der Waals surface area contributed by atoms with Gasteiger partial charge in [0.25, 0.3) is 0 Å². The lowest BCUT2D eigenvalue weighted by Crippen LogP contribution is -2.43. The second kappa shape index (κ2) is 5.47. The molecule has 0 amide bonds. The van der Waals surface area contributed by atoms with Gasteiger partial charge in [0.15, 0.2) is 0 Å². The number of nitrogens with zero attached hydrogens (tertiary/aromatic N) is 1. The van der Waals surface area contributed by atoms with Gasteiger partial charge in [-0.25, -0.2) is 0 Å². The number of Topliss-reactive ketones (excluding diaryl/α,β-unsaturated/α-hetero) is 1. The van der Waals surface area contributed by atoms with E-state index in [0.717, 1.165) is 0 Å². The molecular weight excluding hydrogens is 178 g/mol. The molecule has 84 valence electrons. The minimum atomic E-state index is -0.320. The molecule has 0 unspecified atom stereocenters. The zero-order valence-electron chi connectivity index (χ0n) is 10.0. The molecule has 0 radical (unpaired) electrons. The van der Waals surface area contributed by atoms with Crippen LogP contribution in [0.4, 0.5) is 0 Å². The van der Waals surface area contributed by atoms with Gasteiger partial charge >= 0.3 is 0 Å². The van der Waals surface area contributed by atoms with E-state index in [9.17, 15) is 4.79 Å². The number of hydrogen-bond acceptors (Lipinski definition) is 3. The molecule has 1 N–H and O–H groups in total. The highest BCUT2D eigenvalue weighted by atomic mass is 16.3. The Morgan fingerprint density at radius 3 is 2.21 bits per heavy atom. The molecule has 3 heteroatoms. The zero-order valence-corrected chi connectivity index (χ0v) is 10.0. The van der Waals surface area contributed by atoms with Gasteiger partial charge in [0.05, 0.1) is 6.61 Å². The zero-order chi connectivity index (χ0) is 11.4. The number of ketones is 1. The quantitative estimate of drug-likeness (QED) is 0.704. The fourth-order valence-electron chi connectivity index (χ4n) is 1.27. The normalized spacial score (nSPS) is 12.6. The Morgan fingerprint density at radius 2 is 1.93 bits per heavy atom. The first kappa shape index (κ1) is 13.6. The lowest BCUT2D eigenvalue weighted by atomic mass is 9.88. The van der Waals surface area contributed by atoms with E-state index in [1.165, 1.54) is 0 Å². The first-order valence-corrected chi connectivity index (χ1v) is 5.17. The van der Waals surface area contributed by atoms with E-state index >= 15 is 0 Å². The number of carbonyl (C=O) groups is 1. The van der Waals surface area contributed by atoms with Crippen molar-refractivity contribution in [2.45, 2.75) is 40.7 Å². The Hall–Kier alpha value is -0.410. The van der Waals surface area contributed by atoms with Crippen molar-refractivity contribution in [1.82, 2.24) is 4.90 Å². The Balaban J connectivity index is 4.35. The predicted octanol–water partition coefficient (Wildman–Crippen LogP) is 1.30. The van der Waals surface area contributed by atoms with Crippen molar-refractivity contribution in [3.8, 4) is 0 Å². The first-order valence-electron chi connectivity index (χ1n) is 5.17. The summed E-state index contributed by atoms with van der Waals surface area (Å²) in [5.74, 6) is 0.195. The molecule has 0 saturated heterocycles. The monoisotopic (exact) mass is 201 g/mol. The van der Waals surface area contributed by atoms with Gasteiger partial charge in [-0.15, -0.1) is 0 Å². The summed E-state index contributed by atoms with van der Waals surface area (Å²) in [5.41, 5.74) is -0.320. The van der Waals surface area contributed by atoms with E-state index < -0.39 is 0 Å². The maximum Gasteiger partial charge on any atom is 0.136 e. The van der Waals surface area contributed by atoms with Crippen molar-refractivity contribution in [3.63, 3.8) is 0 Å². The smallest absolute Gasteiger partial charge is 0.136 e. The van der Waals surface area contributed by atoms with Gasteiger partial charge in [0.1, 0.15) is 5.78 Å². The van der Waals surface area contributed by atoms with Gasteiger partial charge in [0, 0.05) is 24.5 Å². The summed E-state index contributed by atoms with van der Waals surface area (Å²) in [5, 5.41) is 8.89. The Bertz CT molecular complexity index is 188. The molecule has 0 aliphatic rings. The van der Waals surface area contributed by atoms with E-state index in [1.54, 1.807) is 6.92 Å². The van der Waals surface area contributed by atoms with Gasteiger partial charge in [-0.2, -0.15) is 0 Å². The van der Waals surface area contributed by atoms with E-state index in [4.69, 9.17) is 5.11 Å². The molecule has 0 rings (SSSR count). The van der Waals surface area contributed by atoms with Crippen LogP contribution in [0.3, 0.4) is 0 Å². The van der Waals surface area contributed by atoms with Crippen molar-refractivity contribution in [3.05, 3.63) is 0 Å². The average Bonchev–Trinajstić information content (AvgIpc) is 2.02. The summed E-state index contributed by atoms with van der Waals surface area (Å²) >= 11 is 0. The summed E-state index contributed by atoms with van der Waals surface area (Å²) in [6.07, 6.45) is 0. The maximum absolute atomic E-state index is 11.3. The second-order valence-corrected chi connectivity index (χ2v) is 4.73. The van der Waals surface area contributed by atoms with E-state index in [-0.39, 0.29) is 17.8 Å². The standard InChI is InChI=1S/C11H23NO2/c1-9(2)12(6-7-13)8-11(4,5)10(3)14/h9,13H,6-8H2,1-5H3. The first-order chi connectivity index (χ1) is 6.31. The van der Waals surface area contributed by atoms with Crippen LogP contribution in [0.25, 0.3) is 0 Å². The third-order valence-electron chi connectivity index (χ3n) is 2.67. The van der Waals surface area contributed by atoms with Crippen LogP contribution in [-0.4, -0.2) is 41.5 Å². The van der Waals surface area contributed by atoms with Crippen molar-refractivity contribution in [1.29, 1.82) is 0 Å². The topological polar surface area (TPSA) is 40.5 Å². The number of hydrogen-bond donors (Lipinski definition) is 1. The molecule has 0 aliphatic carbocycles.